The van der Waals surface area contributed by atoms with E-state index < -0.39 is 201 Å². The van der Waals surface area contributed by atoms with Crippen LogP contribution in [0.2, 0.25) is 0 Å². The normalized spacial score (nSPS) is 18.8. The largest absolute Gasteiger partial charge is 0.474 e. The van der Waals surface area contributed by atoms with Crippen LogP contribution in [0.3, 0.4) is 0 Å². The number of phosphoric acid groups is 2. The number of nitrogens with zero attached hydrogens (tertiary/aromatic N) is 3. The molecule has 4 heterocycles. The summed E-state index contributed by atoms with van der Waals surface area (Å²) < 4.78 is 123. The smallest absolute Gasteiger partial charge is 0.460 e. The Kier molecular flexibility index (Phi) is 49.1. The molecule has 4 rings (SSSR count). The predicted octanol–water partition coefficient (Wildman–Crippen LogP) is 4.59. The van der Waals surface area contributed by atoms with Gasteiger partial charge in [0.1, 0.15) is 55.2 Å². The molecule has 112 heavy (non-hydrogen) atoms. The van der Waals surface area contributed by atoms with Gasteiger partial charge >= 0.3 is 69.1 Å². The van der Waals surface area contributed by atoms with Crippen molar-refractivity contribution >= 4 is 129 Å². The van der Waals surface area contributed by atoms with E-state index in [1.807, 2.05) is 27.7 Å². The Morgan fingerprint density at radius 1 is 0.616 bits per heavy atom. The number of esters is 5. The third-order valence-electron chi connectivity index (χ3n) is 14.2. The monoisotopic (exact) mass is 1780 g/mol. The van der Waals surface area contributed by atoms with Gasteiger partial charge in [0, 0.05) is 80.6 Å². The van der Waals surface area contributed by atoms with E-state index in [0.717, 1.165) is 29.1 Å². The molecule has 48 heteroatoms. The first-order valence-electron chi connectivity index (χ1n) is 32.9. The van der Waals surface area contributed by atoms with Crippen molar-refractivity contribution in [2.75, 3.05) is 137 Å². The number of phosphoric ester groups is 2. The van der Waals surface area contributed by atoms with Crippen LogP contribution in [0.1, 0.15) is 77.5 Å². The molecule has 2 saturated heterocycles. The highest BCUT2D eigenvalue weighted by molar-refractivity contribution is 8.77. The lowest BCUT2D eigenvalue weighted by atomic mass is 9.90. The van der Waals surface area contributed by atoms with Crippen molar-refractivity contribution in [3.63, 3.8) is 0 Å². The zero-order valence-corrected chi connectivity index (χ0v) is 71.0. The van der Waals surface area contributed by atoms with Gasteiger partial charge in [-0.1, -0.05) is 116 Å². The van der Waals surface area contributed by atoms with Gasteiger partial charge in [0.15, 0.2) is 33.0 Å². The summed E-state index contributed by atoms with van der Waals surface area (Å²) in [7, 11) is 2.70. The number of ether oxygens (including phenoxy) is 10. The first-order valence-corrected chi connectivity index (χ1v) is 45.7. The molecule has 38 nitrogen and oxygen atoms in total. The van der Waals surface area contributed by atoms with Gasteiger partial charge in [-0.15, -0.1) is 25.7 Å². The third-order valence-corrected chi connectivity index (χ3v) is 26.5. The summed E-state index contributed by atoms with van der Waals surface area (Å²) in [5.74, 6) is 4.06. The lowest BCUT2D eigenvalue weighted by Crippen LogP contribution is -2.49. The number of aryl methyl sites for hydroxylation is 2. The van der Waals surface area contributed by atoms with Gasteiger partial charge < -0.3 is 81.2 Å². The van der Waals surface area contributed by atoms with Crippen molar-refractivity contribution in [1.82, 2.24) is 19.1 Å². The fourth-order valence-electron chi connectivity index (χ4n) is 8.62. The second-order valence-corrected chi connectivity index (χ2v) is 37.8. The number of H-pyrrole nitrogens is 2. The standard InChI is InChI=1S/C26H35N2O13PS2.C26H35N2O12PS3.C12H22NO8PS2/c1-7-9-37-23(31)26(24(32)38-10-8-2,14-36-16-43-44-17(3)4)15-39-42(34,35-6)41-19-11-21(40-20(19)13-29)28-12-18(5)22(30)27-25(28)33;1-7-9-36-23(31)26(24(32)37-10-8-2,14-35-16-43-44-17(3)4)15-38-41(42,34-6)40-19-11-21(39-20(19)13-29)28-12-18(5)22(30)27-25(28)33;1-4-20-11(15)12(13-2,9-21-22(16,17)18-3)8-19-10-24-23-7-5-6-14/h2*1-2,12,17,19-21,29H,9-11,13-16H2,3-6H3,(H,27,30,33);14H,4-10H2,1,3H3,(H,16,17)/t19?,20-,21-,42?;19?,20-,21-,41?;/m11./s1. The first-order chi connectivity index (χ1) is 53.1. The molecule has 6 N–H and O–H groups in total. The number of aliphatic hydroxyl groups excluding tert-OH is 3. The zero-order chi connectivity index (χ0) is 84.3. The minimum Gasteiger partial charge on any atom is -0.460 e. The van der Waals surface area contributed by atoms with Crippen LogP contribution < -0.4 is 22.5 Å². The number of terminal acetylenes is 4. The minimum atomic E-state index is -4.63. The lowest BCUT2D eigenvalue weighted by Gasteiger charge is -2.31. The van der Waals surface area contributed by atoms with Crippen molar-refractivity contribution in [2.45, 2.75) is 121 Å². The summed E-state index contributed by atoms with van der Waals surface area (Å²) in [6.45, 7) is 9.01. The maximum Gasteiger partial charge on any atom is 0.474 e. The second-order valence-electron chi connectivity index (χ2n) is 23.2. The Balaban J connectivity index is 0.000000597. The minimum absolute atomic E-state index is 0.00482. The molecule has 0 spiro atoms. The molecule has 10 atom stereocenters. The molecular formula is C64H92N5O33P3S7. The van der Waals surface area contributed by atoms with Crippen molar-refractivity contribution < 1.29 is 137 Å². The molecule has 0 radical (unpaired) electrons. The molecule has 2 aromatic heterocycles. The number of carbonyl (C=O) groups is 5. The van der Waals surface area contributed by atoms with Crippen molar-refractivity contribution in [2.24, 2.45) is 10.8 Å². The first kappa shape index (κ1) is 103. The Hall–Kier alpha value is -5.03. The summed E-state index contributed by atoms with van der Waals surface area (Å²) >= 11 is 5.53. The fourth-order valence-corrected chi connectivity index (χ4v) is 17.0. The number of carbonyl (C=O) groups excluding carboxylic acids is 5. The SMILES string of the molecule is C#CCOC(=O)C(COCSSC(C)C)(COP(=O)(OC)OC1C[C@H](n2cc(C)c(=O)[nH]c2=O)O[C@@H]1CO)C(=O)OCC#C.C#CCOC(=O)C(COCSSC(C)C)(COP(=S)(OC)OC1C[C@H](n2cc(C)c(=O)[nH]c2=O)O[C@@H]1CO)C(=O)OCC#C.[C-]#[N+]C(COCSSCCCO)(COP(=O)(O)OC)C(=O)OCC. The maximum absolute atomic E-state index is 13.6. The van der Waals surface area contributed by atoms with Gasteiger partial charge in [-0.2, -0.15) is 0 Å². The van der Waals surface area contributed by atoms with E-state index in [1.54, 1.807) is 6.92 Å². The van der Waals surface area contributed by atoms with Crippen LogP contribution in [0, 0.1) is 80.6 Å². The molecule has 2 fully saturated rings. The Bertz CT molecular complexity index is 3700. The number of aromatic amines is 2. The van der Waals surface area contributed by atoms with E-state index in [0.29, 0.717) is 6.42 Å². The molecule has 6 unspecified atom stereocenters. The molecule has 0 bridgehead atoms. The van der Waals surface area contributed by atoms with Crippen LogP contribution in [0.15, 0.2) is 31.6 Å². The second kappa shape index (κ2) is 53.3. The summed E-state index contributed by atoms with van der Waals surface area (Å²) in [6, 6.07) is 0. The van der Waals surface area contributed by atoms with E-state index in [9.17, 15) is 67.4 Å². The Morgan fingerprint density at radius 2 is 1.04 bits per heavy atom. The van der Waals surface area contributed by atoms with Crippen molar-refractivity contribution in [3.05, 3.63) is 76.6 Å². The Morgan fingerprint density at radius 3 is 1.41 bits per heavy atom. The average molecular weight is 1780 g/mol. The Labute approximate surface area is 675 Å². The molecule has 0 aliphatic carbocycles. The fraction of sp³-hybridized carbons (Fsp3) is 0.656. The van der Waals surface area contributed by atoms with Gasteiger partial charge in [0.05, 0.1) is 52.4 Å². The zero-order valence-electron chi connectivity index (χ0n) is 62.6. The third kappa shape index (κ3) is 33.9. The number of rotatable bonds is 50. The van der Waals surface area contributed by atoms with E-state index in [-0.39, 0.29) is 72.1 Å². The molecule has 0 saturated carbocycles. The van der Waals surface area contributed by atoms with Crippen LogP contribution in [-0.2, 0) is 128 Å². The molecule has 0 aromatic carbocycles. The van der Waals surface area contributed by atoms with Crippen molar-refractivity contribution in [1.29, 1.82) is 0 Å². The van der Waals surface area contributed by atoms with Gasteiger partial charge in [0.2, 0.25) is 10.8 Å². The van der Waals surface area contributed by atoms with E-state index in [2.05, 4.69) is 47.5 Å². The van der Waals surface area contributed by atoms with Crippen LogP contribution in [0.4, 0.5) is 0 Å². The number of aromatic nitrogens is 4. The van der Waals surface area contributed by atoms with Crippen LogP contribution in [0.5, 0.6) is 0 Å². The lowest BCUT2D eigenvalue weighted by molar-refractivity contribution is -0.180. The van der Waals surface area contributed by atoms with E-state index in [1.165, 1.54) is 98.1 Å². The summed E-state index contributed by atoms with van der Waals surface area (Å²) in [6.07, 6.45) is 17.8. The molecule has 2 aromatic rings. The van der Waals surface area contributed by atoms with Gasteiger partial charge in [-0.05, 0) is 39.0 Å². The molecule has 2 aliphatic heterocycles. The summed E-state index contributed by atoms with van der Waals surface area (Å²) in [5.41, 5.74) is -8.63. The molecule has 2 aliphatic rings. The number of nitrogens with one attached hydrogen (secondary N) is 2. The van der Waals surface area contributed by atoms with Crippen molar-refractivity contribution in [3.8, 4) is 49.4 Å². The maximum atomic E-state index is 13.6. The van der Waals surface area contributed by atoms with E-state index in [4.69, 9.17) is 124 Å². The topological polar surface area (TPSA) is 481 Å². The highest BCUT2D eigenvalue weighted by Gasteiger charge is 2.55. The highest BCUT2D eigenvalue weighted by Crippen LogP contribution is 2.55. The molecule has 0 amide bonds. The number of aliphatic hydroxyl groups is 3. The molecule has 628 valence electrons. The van der Waals surface area contributed by atoms with E-state index >= 15 is 0 Å². The number of hydrogen-bond donors (Lipinski definition) is 6. The van der Waals surface area contributed by atoms with Gasteiger partial charge in [0.25, 0.3) is 11.1 Å². The number of hydrogen-bond acceptors (Lipinski definition) is 39. The average Bonchev–Trinajstić information content (AvgIpc) is 1.38. The van der Waals surface area contributed by atoms with Gasteiger partial charge in [-0.25, -0.2) is 30.1 Å². The van der Waals surface area contributed by atoms with Crippen LogP contribution in [0.25, 0.3) is 4.85 Å². The van der Waals surface area contributed by atoms with Gasteiger partial charge in [-0.3, -0.25) is 75.3 Å². The van der Waals surface area contributed by atoms with Crippen LogP contribution in [-0.4, -0.2) is 247 Å². The summed E-state index contributed by atoms with van der Waals surface area (Å²) in [5, 5.41) is 29.0. The summed E-state index contributed by atoms with van der Waals surface area (Å²) in [4.78, 5) is 130. The predicted molar refractivity (Wildman–Crippen MR) is 419 cm³/mol. The van der Waals surface area contributed by atoms with Crippen LogP contribution >= 0.6 is 87.1 Å². The molecular weight excluding hydrogens is 1680 g/mol. The highest BCUT2D eigenvalue weighted by atomic mass is 33.1. The quantitative estimate of drug-likeness (QED) is 0.00607.